The fourth-order valence-electron chi connectivity index (χ4n) is 2.87. The Labute approximate surface area is 179 Å². The van der Waals surface area contributed by atoms with Gasteiger partial charge in [0, 0.05) is 35.5 Å². The molecule has 1 aromatic carbocycles. The molecule has 9 heteroatoms. The molecule has 5 aromatic rings. The second kappa shape index (κ2) is 8.13. The first-order chi connectivity index (χ1) is 14.7. The van der Waals surface area contributed by atoms with Crippen molar-refractivity contribution in [2.24, 2.45) is 0 Å². The SMILES string of the molecule is O=C(CCc1nnc(-c2ccsc2)o1)Nc1ccc(-c2nc3ccccc3s2)cn1. The molecule has 0 unspecified atom stereocenters. The molecule has 1 N–H and O–H groups in total. The van der Waals surface area contributed by atoms with Gasteiger partial charge in [-0.2, -0.15) is 11.3 Å². The van der Waals surface area contributed by atoms with Crippen LogP contribution in [0.4, 0.5) is 5.82 Å². The van der Waals surface area contributed by atoms with Gasteiger partial charge in [0.2, 0.25) is 17.7 Å². The van der Waals surface area contributed by atoms with Crippen molar-refractivity contribution in [3.63, 3.8) is 0 Å². The number of carbonyl (C=O) groups excluding carboxylic acids is 1. The van der Waals surface area contributed by atoms with E-state index >= 15 is 0 Å². The molecule has 0 aliphatic rings. The summed E-state index contributed by atoms with van der Waals surface area (Å²) >= 11 is 3.18. The molecule has 4 heterocycles. The number of benzene rings is 1. The fourth-order valence-corrected chi connectivity index (χ4v) is 4.46. The summed E-state index contributed by atoms with van der Waals surface area (Å²) in [4.78, 5) is 21.2. The van der Waals surface area contributed by atoms with Gasteiger partial charge >= 0.3 is 0 Å². The minimum atomic E-state index is -0.162. The quantitative estimate of drug-likeness (QED) is 0.403. The monoisotopic (exact) mass is 433 g/mol. The molecule has 0 bridgehead atoms. The molecule has 0 saturated heterocycles. The van der Waals surface area contributed by atoms with E-state index in [0.717, 1.165) is 26.4 Å². The van der Waals surface area contributed by atoms with Gasteiger partial charge in [-0.15, -0.1) is 21.5 Å². The van der Waals surface area contributed by atoms with E-state index < -0.39 is 0 Å². The molecular weight excluding hydrogens is 418 g/mol. The Morgan fingerprint density at radius 2 is 2.00 bits per heavy atom. The number of hydrogen-bond acceptors (Lipinski definition) is 8. The lowest BCUT2D eigenvalue weighted by Gasteiger charge is -2.04. The third-order valence-corrected chi connectivity index (χ3v) is 6.14. The van der Waals surface area contributed by atoms with Gasteiger partial charge in [0.15, 0.2) is 0 Å². The zero-order valence-electron chi connectivity index (χ0n) is 15.6. The number of rotatable bonds is 6. The van der Waals surface area contributed by atoms with E-state index in [0.29, 0.717) is 24.0 Å². The predicted molar refractivity (Wildman–Crippen MR) is 117 cm³/mol. The van der Waals surface area contributed by atoms with Crippen LogP contribution in [0.2, 0.25) is 0 Å². The van der Waals surface area contributed by atoms with E-state index in [1.807, 2.05) is 47.2 Å². The topological polar surface area (TPSA) is 93.8 Å². The maximum Gasteiger partial charge on any atom is 0.248 e. The molecule has 0 aliphatic carbocycles. The number of amides is 1. The standard InChI is InChI=1S/C21H15N5O2S2/c27-18(7-8-19-25-26-20(28-19)14-9-10-29-12-14)24-17-6-5-13(11-22-17)21-23-15-3-1-2-4-16(15)30-21/h1-6,9-12H,7-8H2,(H,22,24,27). The Balaban J connectivity index is 1.19. The Morgan fingerprint density at radius 3 is 2.80 bits per heavy atom. The first kappa shape index (κ1) is 18.6. The predicted octanol–water partition coefficient (Wildman–Crippen LogP) is 5.04. The number of pyridine rings is 1. The minimum absolute atomic E-state index is 0.162. The normalized spacial score (nSPS) is 11.1. The van der Waals surface area contributed by atoms with E-state index in [1.165, 1.54) is 0 Å². The molecule has 0 aliphatic heterocycles. The number of hydrogen-bond donors (Lipinski definition) is 1. The molecular formula is C21H15N5O2S2. The number of para-hydroxylation sites is 1. The highest BCUT2D eigenvalue weighted by Crippen LogP contribution is 2.29. The van der Waals surface area contributed by atoms with Crippen LogP contribution in [0.15, 0.2) is 63.8 Å². The van der Waals surface area contributed by atoms with Crippen LogP contribution >= 0.6 is 22.7 Å². The molecule has 30 heavy (non-hydrogen) atoms. The maximum absolute atomic E-state index is 12.2. The molecule has 0 fully saturated rings. The maximum atomic E-state index is 12.2. The van der Waals surface area contributed by atoms with E-state index in [-0.39, 0.29) is 12.3 Å². The van der Waals surface area contributed by atoms with Crippen molar-refractivity contribution in [1.82, 2.24) is 20.2 Å². The zero-order chi connectivity index (χ0) is 20.3. The Bertz CT molecular complexity index is 1260. The van der Waals surface area contributed by atoms with Crippen molar-refractivity contribution >= 4 is 44.6 Å². The average molecular weight is 434 g/mol. The highest BCUT2D eigenvalue weighted by Gasteiger charge is 2.12. The summed E-state index contributed by atoms with van der Waals surface area (Å²) in [6, 6.07) is 13.6. The van der Waals surface area contributed by atoms with Gasteiger partial charge in [0.1, 0.15) is 10.8 Å². The fraction of sp³-hybridized carbons (Fsp3) is 0.0952. The number of fused-ring (bicyclic) bond motifs is 1. The number of carbonyl (C=O) groups is 1. The van der Waals surface area contributed by atoms with Gasteiger partial charge in [0.05, 0.1) is 10.2 Å². The molecule has 7 nitrogen and oxygen atoms in total. The molecule has 1 amide bonds. The van der Waals surface area contributed by atoms with Gasteiger partial charge in [-0.1, -0.05) is 12.1 Å². The summed E-state index contributed by atoms with van der Waals surface area (Å²) in [5.74, 6) is 1.24. The molecule has 0 saturated carbocycles. The first-order valence-electron chi connectivity index (χ1n) is 9.21. The summed E-state index contributed by atoms with van der Waals surface area (Å²) in [6.07, 6.45) is 2.32. The van der Waals surface area contributed by atoms with E-state index in [2.05, 4.69) is 25.5 Å². The number of thiazole rings is 1. The molecule has 4 aromatic heterocycles. The van der Waals surface area contributed by atoms with Crippen LogP contribution in [0.1, 0.15) is 12.3 Å². The highest BCUT2D eigenvalue weighted by molar-refractivity contribution is 7.21. The van der Waals surface area contributed by atoms with Crippen molar-refractivity contribution in [3.05, 3.63) is 65.3 Å². The van der Waals surface area contributed by atoms with Crippen molar-refractivity contribution < 1.29 is 9.21 Å². The van der Waals surface area contributed by atoms with Crippen molar-refractivity contribution in [1.29, 1.82) is 0 Å². The van der Waals surface area contributed by atoms with E-state index in [9.17, 15) is 4.79 Å². The van der Waals surface area contributed by atoms with Crippen LogP contribution in [-0.4, -0.2) is 26.1 Å². The summed E-state index contributed by atoms with van der Waals surface area (Å²) in [7, 11) is 0. The lowest BCUT2D eigenvalue weighted by atomic mass is 10.2. The summed E-state index contributed by atoms with van der Waals surface area (Å²) in [5.41, 5.74) is 2.78. The van der Waals surface area contributed by atoms with Crippen molar-refractivity contribution in [3.8, 4) is 22.0 Å². The van der Waals surface area contributed by atoms with Gasteiger partial charge in [-0.25, -0.2) is 9.97 Å². The van der Waals surface area contributed by atoms with Gasteiger partial charge in [-0.3, -0.25) is 4.79 Å². The second-order valence-electron chi connectivity index (χ2n) is 6.48. The van der Waals surface area contributed by atoms with Gasteiger partial charge in [-0.05, 0) is 35.7 Å². The van der Waals surface area contributed by atoms with E-state index in [4.69, 9.17) is 4.42 Å². The summed E-state index contributed by atoms with van der Waals surface area (Å²) < 4.78 is 6.73. The van der Waals surface area contributed by atoms with Gasteiger partial charge in [0.25, 0.3) is 0 Å². The zero-order valence-corrected chi connectivity index (χ0v) is 17.2. The molecule has 0 atom stereocenters. The third kappa shape index (κ3) is 3.98. The van der Waals surface area contributed by atoms with Crippen LogP contribution in [0, 0.1) is 0 Å². The smallest absolute Gasteiger partial charge is 0.248 e. The summed E-state index contributed by atoms with van der Waals surface area (Å²) in [5, 5.41) is 15.6. The van der Waals surface area contributed by atoms with Crippen LogP contribution in [-0.2, 0) is 11.2 Å². The van der Waals surface area contributed by atoms with Crippen molar-refractivity contribution in [2.75, 3.05) is 5.32 Å². The number of aromatic nitrogens is 4. The largest absolute Gasteiger partial charge is 0.421 e. The number of thiophene rings is 1. The average Bonchev–Trinajstić information content (AvgIpc) is 3.53. The van der Waals surface area contributed by atoms with Crippen LogP contribution < -0.4 is 5.32 Å². The van der Waals surface area contributed by atoms with Crippen LogP contribution in [0.3, 0.4) is 0 Å². The second-order valence-corrected chi connectivity index (χ2v) is 8.29. The Hall–Kier alpha value is -3.43. The first-order valence-corrected chi connectivity index (χ1v) is 11.0. The Kier molecular flexibility index (Phi) is 5.04. The van der Waals surface area contributed by atoms with Gasteiger partial charge < -0.3 is 9.73 Å². The van der Waals surface area contributed by atoms with Crippen molar-refractivity contribution in [2.45, 2.75) is 12.8 Å². The highest BCUT2D eigenvalue weighted by atomic mass is 32.1. The van der Waals surface area contributed by atoms with Crippen LogP contribution in [0.5, 0.6) is 0 Å². The number of nitrogens with zero attached hydrogens (tertiary/aromatic N) is 4. The van der Waals surface area contributed by atoms with Crippen LogP contribution in [0.25, 0.3) is 32.2 Å². The lowest BCUT2D eigenvalue weighted by Crippen LogP contribution is -2.13. The number of nitrogens with one attached hydrogen (secondary N) is 1. The third-order valence-electron chi connectivity index (χ3n) is 4.37. The Morgan fingerprint density at radius 1 is 1.07 bits per heavy atom. The summed E-state index contributed by atoms with van der Waals surface area (Å²) in [6.45, 7) is 0. The molecule has 0 spiro atoms. The molecule has 0 radical (unpaired) electrons. The number of aryl methyl sites for hydroxylation is 1. The van der Waals surface area contributed by atoms with E-state index in [1.54, 1.807) is 34.9 Å². The minimum Gasteiger partial charge on any atom is -0.421 e. The number of anilines is 1. The lowest BCUT2D eigenvalue weighted by molar-refractivity contribution is -0.116. The molecule has 148 valence electrons. The molecule has 5 rings (SSSR count).